The van der Waals surface area contributed by atoms with Crippen LogP contribution in [0.3, 0.4) is 0 Å². The second-order valence-electron chi connectivity index (χ2n) is 35.6. The van der Waals surface area contributed by atoms with Gasteiger partial charge in [0.25, 0.3) is 0 Å². The molecule has 0 atom stereocenters. The van der Waals surface area contributed by atoms with Gasteiger partial charge in [0.05, 0.1) is 85.2 Å². The van der Waals surface area contributed by atoms with E-state index in [4.69, 9.17) is 57.8 Å². The van der Waals surface area contributed by atoms with Gasteiger partial charge in [0.1, 0.15) is 46.0 Å². The lowest BCUT2D eigenvalue weighted by Gasteiger charge is -2.15. The predicted octanol–water partition coefficient (Wildman–Crippen LogP) is 32.1. The molecule has 10 aromatic rings. The van der Waals surface area contributed by atoms with E-state index in [1.807, 2.05) is 12.1 Å². The van der Waals surface area contributed by atoms with Gasteiger partial charge in [-0.15, -0.1) is 0 Å². The molecule has 16 heteroatoms. The smallest absolute Gasteiger partial charge is 0.230 e. The predicted molar refractivity (Wildman–Crippen MR) is 538 cm³/mol. The average Bonchev–Trinajstić information content (AvgIpc) is 1.59. The van der Waals surface area contributed by atoms with Crippen LogP contribution in [0.2, 0.25) is 0 Å². The van der Waals surface area contributed by atoms with E-state index in [1.165, 1.54) is 141 Å². The first kappa shape index (κ1) is 92.2. The van der Waals surface area contributed by atoms with Gasteiger partial charge in [-0.2, -0.15) is 0 Å². The Hall–Kier alpha value is -11.5. The Morgan fingerprint density at radius 1 is 0.225 bits per heavy atom. The van der Waals surface area contributed by atoms with Gasteiger partial charge in [-0.05, 0) is 219 Å². The van der Waals surface area contributed by atoms with Crippen LogP contribution in [-0.2, 0) is 0 Å². The number of aromatic amines is 4. The number of unbranched alkanes of at least 4 members (excludes halogenated alkanes) is 30. The van der Waals surface area contributed by atoms with Crippen LogP contribution in [0, 0.1) is 0 Å². The maximum absolute atomic E-state index is 6.90. The summed E-state index contributed by atoms with van der Waals surface area (Å²) >= 11 is 0. The lowest BCUT2D eigenvalue weighted by Crippen LogP contribution is -2.07. The van der Waals surface area contributed by atoms with E-state index in [2.05, 4.69) is 231 Å². The summed E-state index contributed by atoms with van der Waals surface area (Å²) in [4.78, 5) is 39.4. The minimum absolute atomic E-state index is 0.125. The summed E-state index contributed by atoms with van der Waals surface area (Å²) < 4.78 is 55.0. The molecule has 11 heterocycles. The van der Waals surface area contributed by atoms with Crippen LogP contribution in [0.25, 0.3) is 148 Å². The Morgan fingerprint density at radius 3 is 0.760 bits per heavy atom. The highest BCUT2D eigenvalue weighted by Gasteiger charge is 2.26. The zero-order valence-corrected chi connectivity index (χ0v) is 77.8. The van der Waals surface area contributed by atoms with Gasteiger partial charge in [0, 0.05) is 102 Å². The topological polar surface area (TPSA) is 189 Å². The summed E-state index contributed by atoms with van der Waals surface area (Å²) in [6, 6.07) is 46.9. The highest BCUT2D eigenvalue weighted by molar-refractivity contribution is 6.05. The van der Waals surface area contributed by atoms with Crippen LogP contribution in [0.4, 0.5) is 0 Å². The van der Waals surface area contributed by atoms with Crippen molar-refractivity contribution in [3.63, 3.8) is 0 Å². The van der Waals surface area contributed by atoms with Gasteiger partial charge < -0.3 is 57.8 Å². The maximum Gasteiger partial charge on any atom is 0.230 e. The Balaban J connectivity index is 1.02. The van der Waals surface area contributed by atoms with Crippen LogP contribution in [0.15, 0.2) is 133 Å². The highest BCUT2D eigenvalue weighted by atomic mass is 16.7. The van der Waals surface area contributed by atoms with E-state index in [-0.39, 0.29) is 6.79 Å². The van der Waals surface area contributed by atoms with Crippen LogP contribution in [0.5, 0.6) is 46.0 Å². The Bertz CT molecular complexity index is 5430. The van der Waals surface area contributed by atoms with Crippen molar-refractivity contribution in [3.05, 3.63) is 179 Å². The largest absolute Gasteiger partial charge is 0.493 e. The van der Waals surface area contributed by atoms with Crippen molar-refractivity contribution >= 4 is 92.7 Å². The summed E-state index contributed by atoms with van der Waals surface area (Å²) in [5, 5.41) is 0. The lowest BCUT2D eigenvalue weighted by atomic mass is 10.0. The van der Waals surface area contributed by atoms with Gasteiger partial charge in [-0.25, -0.2) is 19.9 Å². The molecule has 0 aliphatic carbocycles. The molecule has 24 bridgehead atoms. The fraction of sp³-hybridized carbons (Fsp3) is 0.434. The fourth-order valence-electron chi connectivity index (χ4n) is 18.2. The first-order valence-electron chi connectivity index (χ1n) is 49.6. The molecule has 5 aliphatic heterocycles. The molecule has 4 aromatic carbocycles. The lowest BCUT2D eigenvalue weighted by molar-refractivity contribution is 0.119. The van der Waals surface area contributed by atoms with Gasteiger partial charge in [-0.3, -0.25) is 0 Å². The highest BCUT2D eigenvalue weighted by Crippen LogP contribution is 2.46. The standard InChI is InChI=1S/C113H138N8O8/c1-7-13-19-25-31-37-59-122-88-65-80(66-89(75-88)123-60-38-32-26-20-14-8-2)108-96-47-43-84(114-96)73-86-45-49-98(116-86)110-82-69-92(126-63-41-35-29-23-17-11-5)77-94(71-82)128-79-129-95-72-83(70-93(78-95)127-64-42-36-30-24-18-12-6)111-99-50-46-87(117-99)74-85-44-48-97(115-85)109(81-67-90(124-61-39-33-27-21-15-9-3)76-91(68-81)125-62-40-34-28-22-16-10-4)101-52-56-105(119-101)113(107-58-54-103(111)121-107)112(104-55-51-100(108)118-104)106-57-53-102(110)120-106/h43-58,65-78,114-115,120-121H,7-42,59-64,79H2,1-6H3. The summed E-state index contributed by atoms with van der Waals surface area (Å²) in [6.45, 7) is 16.9. The molecule has 129 heavy (non-hydrogen) atoms. The third kappa shape index (κ3) is 25.5. The first-order valence-corrected chi connectivity index (χ1v) is 49.6. The molecule has 0 saturated heterocycles. The van der Waals surface area contributed by atoms with E-state index < -0.39 is 0 Å². The Kier molecular flexibility index (Phi) is 34.5. The van der Waals surface area contributed by atoms with Crippen molar-refractivity contribution in [2.45, 2.75) is 273 Å². The number of hydrogen-bond donors (Lipinski definition) is 4. The molecule has 0 unspecified atom stereocenters. The van der Waals surface area contributed by atoms with Gasteiger partial charge in [0.15, 0.2) is 0 Å². The monoisotopic (exact) mass is 1740 g/mol. The zero-order chi connectivity index (χ0) is 88.6. The normalized spacial score (nSPS) is 12.4. The summed E-state index contributed by atoms with van der Waals surface area (Å²) in [6.07, 6.45) is 58.5. The number of fused-ring (bicyclic) bond motifs is 23. The van der Waals surface area contributed by atoms with Crippen molar-refractivity contribution in [1.29, 1.82) is 0 Å². The van der Waals surface area contributed by atoms with E-state index in [1.54, 1.807) is 0 Å². The molecule has 0 fully saturated rings. The third-order valence-corrected chi connectivity index (χ3v) is 25.1. The Morgan fingerprint density at radius 2 is 0.457 bits per heavy atom. The number of nitrogens with zero attached hydrogens (tertiary/aromatic N) is 4. The molecule has 5 aliphatic rings. The molecule has 0 spiro atoms. The van der Waals surface area contributed by atoms with Crippen molar-refractivity contribution < 1.29 is 37.9 Å². The number of nitrogens with one attached hydrogen (secondary N) is 4. The SMILES string of the molecule is CCCCCCCCOc1cc(OCCCCCCCC)cc(-c2c3nc(c4c5ccc([nH]5)c(c5nc(cc6ccc2[nH]6)C=C5)-c2cc(OCCCCCCCC)cc(c2)OCOc2cc(OCCCCCCCC)cc(c2)-c2c5nc(cc6ccc([nH]6)c(-c6cc(OCCCCCCCC)cc(OCCCCCCCC)c6)c6nc(c-4c4ccc2[nH]4)C=C6)C=C5)C=C3)c1. The van der Waals surface area contributed by atoms with Crippen LogP contribution < -0.4 is 37.9 Å². The zero-order valence-electron chi connectivity index (χ0n) is 77.8. The van der Waals surface area contributed by atoms with Gasteiger partial charge >= 0.3 is 0 Å². The quantitative estimate of drug-likeness (QED) is 0.0265. The van der Waals surface area contributed by atoms with Crippen molar-refractivity contribution in [2.24, 2.45) is 0 Å². The number of rotatable bonds is 50. The van der Waals surface area contributed by atoms with E-state index in [9.17, 15) is 0 Å². The maximum atomic E-state index is 6.90. The molecule has 16 nitrogen and oxygen atoms in total. The van der Waals surface area contributed by atoms with Crippen molar-refractivity contribution in [2.75, 3.05) is 46.4 Å². The van der Waals surface area contributed by atoms with Crippen molar-refractivity contribution in [1.82, 2.24) is 39.9 Å². The average molecular weight is 1740 g/mol. The summed E-state index contributed by atoms with van der Waals surface area (Å²) in [5.41, 5.74) is 21.1. The molecule has 6 aromatic heterocycles. The van der Waals surface area contributed by atoms with Gasteiger partial charge in [0.2, 0.25) is 6.79 Å². The van der Waals surface area contributed by atoms with Gasteiger partial charge in [-0.1, -0.05) is 234 Å². The number of H-pyrrole nitrogens is 4. The number of benzene rings is 4. The number of aromatic nitrogens is 8. The second kappa shape index (κ2) is 48.2. The minimum Gasteiger partial charge on any atom is -0.493 e. The first-order chi connectivity index (χ1) is 63.7. The third-order valence-electron chi connectivity index (χ3n) is 25.1. The van der Waals surface area contributed by atoms with E-state index >= 15 is 0 Å². The van der Waals surface area contributed by atoms with Crippen LogP contribution >= 0.6 is 0 Å². The molecule has 0 saturated carbocycles. The number of hydrogen-bond acceptors (Lipinski definition) is 12. The molecular weight excluding hydrogens is 1600 g/mol. The summed E-state index contributed by atoms with van der Waals surface area (Å²) in [5.74, 6) is 5.49. The molecule has 0 radical (unpaired) electrons. The van der Waals surface area contributed by atoms with E-state index in [0.717, 1.165) is 247 Å². The molecular formula is C113H138N8O8. The number of ether oxygens (including phenoxy) is 8. The minimum atomic E-state index is -0.125. The van der Waals surface area contributed by atoms with Crippen LogP contribution in [-0.4, -0.2) is 86.3 Å². The molecule has 678 valence electrons. The molecule has 0 amide bonds. The second-order valence-corrected chi connectivity index (χ2v) is 35.6. The van der Waals surface area contributed by atoms with Crippen LogP contribution in [0.1, 0.15) is 318 Å². The molecule has 4 N–H and O–H groups in total. The summed E-state index contributed by atoms with van der Waals surface area (Å²) in [7, 11) is 0. The van der Waals surface area contributed by atoms with E-state index in [0.29, 0.717) is 74.0 Å². The Labute approximate surface area is 765 Å². The fourth-order valence-corrected chi connectivity index (χ4v) is 18.2. The molecule has 15 rings (SSSR count). The van der Waals surface area contributed by atoms with Crippen molar-refractivity contribution in [3.8, 4) is 102 Å².